The molecule has 1 unspecified atom stereocenters. The molecular formula is C15H17BrN2O2. The molecule has 0 aliphatic rings. The standard InChI is InChI=1S/C15H17BrN2O2/c1-8-4-10(3)11(5-9(8)2)12(6-14(19)20)15-17-7-13(16)18-15/h4-5,7,12H,6H2,1-3H3,(H,17,18)(H,19,20). The summed E-state index contributed by atoms with van der Waals surface area (Å²) in [6.45, 7) is 6.10. The van der Waals surface area contributed by atoms with Crippen molar-refractivity contribution in [1.82, 2.24) is 9.97 Å². The number of imidazole rings is 1. The van der Waals surface area contributed by atoms with E-state index in [1.807, 2.05) is 13.8 Å². The molecule has 0 aliphatic heterocycles. The number of carbonyl (C=O) groups is 1. The van der Waals surface area contributed by atoms with E-state index < -0.39 is 5.97 Å². The highest BCUT2D eigenvalue weighted by atomic mass is 79.9. The fraction of sp³-hybridized carbons (Fsp3) is 0.333. The predicted molar refractivity (Wildman–Crippen MR) is 81.0 cm³/mol. The third kappa shape index (κ3) is 3.10. The minimum Gasteiger partial charge on any atom is -0.481 e. The Balaban J connectivity index is 2.51. The van der Waals surface area contributed by atoms with Gasteiger partial charge in [0.25, 0.3) is 0 Å². The number of aromatic amines is 1. The van der Waals surface area contributed by atoms with Gasteiger partial charge in [0, 0.05) is 0 Å². The number of aromatic nitrogens is 2. The zero-order chi connectivity index (χ0) is 14.9. The Kier molecular flexibility index (Phi) is 4.28. The zero-order valence-corrected chi connectivity index (χ0v) is 13.3. The fourth-order valence-corrected chi connectivity index (χ4v) is 2.68. The van der Waals surface area contributed by atoms with Crippen molar-refractivity contribution in [2.75, 3.05) is 0 Å². The molecule has 0 aliphatic carbocycles. The Bertz CT molecular complexity index is 649. The van der Waals surface area contributed by atoms with Crippen molar-refractivity contribution in [3.8, 4) is 0 Å². The molecule has 1 heterocycles. The lowest BCUT2D eigenvalue weighted by Crippen LogP contribution is -2.11. The van der Waals surface area contributed by atoms with Crippen molar-refractivity contribution in [2.24, 2.45) is 0 Å². The third-order valence-corrected chi connectivity index (χ3v) is 3.93. The summed E-state index contributed by atoms with van der Waals surface area (Å²) in [7, 11) is 0. The number of aryl methyl sites for hydroxylation is 3. The number of nitrogens with zero attached hydrogens (tertiary/aromatic N) is 1. The summed E-state index contributed by atoms with van der Waals surface area (Å²) < 4.78 is 0.754. The second kappa shape index (κ2) is 5.79. The van der Waals surface area contributed by atoms with E-state index in [4.69, 9.17) is 0 Å². The highest BCUT2D eigenvalue weighted by Crippen LogP contribution is 2.31. The van der Waals surface area contributed by atoms with Gasteiger partial charge in [-0.05, 0) is 59.0 Å². The summed E-state index contributed by atoms with van der Waals surface area (Å²) in [5, 5.41) is 9.17. The van der Waals surface area contributed by atoms with Crippen molar-refractivity contribution in [3.63, 3.8) is 0 Å². The van der Waals surface area contributed by atoms with Gasteiger partial charge in [-0.15, -0.1) is 0 Å². The largest absolute Gasteiger partial charge is 0.481 e. The molecule has 20 heavy (non-hydrogen) atoms. The molecule has 0 fully saturated rings. The first-order valence-corrected chi connectivity index (χ1v) is 7.17. The third-order valence-electron chi connectivity index (χ3n) is 3.53. The van der Waals surface area contributed by atoms with E-state index in [2.05, 4.69) is 45.0 Å². The Hall–Kier alpha value is -1.62. The molecule has 0 radical (unpaired) electrons. The number of benzene rings is 1. The Morgan fingerprint density at radius 2 is 1.95 bits per heavy atom. The van der Waals surface area contributed by atoms with Crippen LogP contribution in [0.4, 0.5) is 0 Å². The van der Waals surface area contributed by atoms with Crippen molar-refractivity contribution in [2.45, 2.75) is 33.1 Å². The summed E-state index contributed by atoms with van der Waals surface area (Å²) in [5.41, 5.74) is 4.47. The second-order valence-corrected chi connectivity index (χ2v) is 5.91. The lowest BCUT2D eigenvalue weighted by molar-refractivity contribution is -0.137. The number of carboxylic acid groups (broad SMARTS) is 1. The minimum atomic E-state index is -0.833. The van der Waals surface area contributed by atoms with E-state index in [0.717, 1.165) is 21.3 Å². The van der Waals surface area contributed by atoms with Gasteiger partial charge in [0.1, 0.15) is 10.4 Å². The molecule has 2 aromatic rings. The van der Waals surface area contributed by atoms with Crippen molar-refractivity contribution >= 4 is 21.9 Å². The predicted octanol–water partition coefficient (Wildman–Crippen LogP) is 3.70. The monoisotopic (exact) mass is 336 g/mol. The van der Waals surface area contributed by atoms with E-state index in [1.165, 1.54) is 5.56 Å². The molecular weight excluding hydrogens is 320 g/mol. The van der Waals surface area contributed by atoms with Gasteiger partial charge in [-0.2, -0.15) is 0 Å². The van der Waals surface area contributed by atoms with Gasteiger partial charge < -0.3 is 10.1 Å². The maximum absolute atomic E-state index is 11.2. The molecule has 0 bridgehead atoms. The first-order chi connectivity index (χ1) is 9.38. The SMILES string of the molecule is Cc1cc(C)c(C(CC(=O)O)c2ncc(Br)[nH]2)cc1C. The highest BCUT2D eigenvalue weighted by Gasteiger charge is 2.23. The van der Waals surface area contributed by atoms with E-state index in [0.29, 0.717) is 5.82 Å². The Labute approximate surface area is 126 Å². The highest BCUT2D eigenvalue weighted by molar-refractivity contribution is 9.10. The van der Waals surface area contributed by atoms with Crippen LogP contribution in [0, 0.1) is 20.8 Å². The van der Waals surface area contributed by atoms with Crippen molar-refractivity contribution < 1.29 is 9.90 Å². The molecule has 0 amide bonds. The summed E-state index contributed by atoms with van der Waals surface area (Å²) in [4.78, 5) is 18.5. The average molecular weight is 337 g/mol. The van der Waals surface area contributed by atoms with E-state index >= 15 is 0 Å². The average Bonchev–Trinajstić information content (AvgIpc) is 2.77. The first-order valence-electron chi connectivity index (χ1n) is 6.38. The molecule has 1 aromatic carbocycles. The maximum Gasteiger partial charge on any atom is 0.304 e. The second-order valence-electron chi connectivity index (χ2n) is 5.06. The van der Waals surface area contributed by atoms with Crippen LogP contribution in [0.5, 0.6) is 0 Å². The van der Waals surface area contributed by atoms with Crippen LogP contribution in [0.25, 0.3) is 0 Å². The van der Waals surface area contributed by atoms with Crippen molar-refractivity contribution in [3.05, 3.63) is 51.0 Å². The van der Waals surface area contributed by atoms with Crippen LogP contribution < -0.4 is 0 Å². The van der Waals surface area contributed by atoms with E-state index in [1.54, 1.807) is 6.20 Å². The van der Waals surface area contributed by atoms with Crippen LogP contribution in [0.2, 0.25) is 0 Å². The van der Waals surface area contributed by atoms with Crippen molar-refractivity contribution in [1.29, 1.82) is 0 Å². The lowest BCUT2D eigenvalue weighted by Gasteiger charge is -2.17. The molecule has 0 saturated carbocycles. The fourth-order valence-electron chi connectivity index (χ4n) is 2.38. The quantitative estimate of drug-likeness (QED) is 0.894. The normalized spacial score (nSPS) is 12.4. The van der Waals surface area contributed by atoms with Gasteiger partial charge in [0.05, 0.1) is 18.5 Å². The van der Waals surface area contributed by atoms with Gasteiger partial charge in [0.2, 0.25) is 0 Å². The smallest absolute Gasteiger partial charge is 0.304 e. The summed E-state index contributed by atoms with van der Waals surface area (Å²) in [6.07, 6.45) is 1.67. The molecule has 0 saturated heterocycles. The molecule has 1 aromatic heterocycles. The number of aliphatic carboxylic acids is 1. The number of hydrogen-bond acceptors (Lipinski definition) is 2. The zero-order valence-electron chi connectivity index (χ0n) is 11.7. The summed E-state index contributed by atoms with van der Waals surface area (Å²) in [6, 6.07) is 4.16. The van der Waals surface area contributed by atoms with Crippen LogP contribution in [-0.2, 0) is 4.79 Å². The van der Waals surface area contributed by atoms with Gasteiger partial charge >= 0.3 is 5.97 Å². The number of halogens is 1. The molecule has 106 valence electrons. The summed E-state index contributed by atoms with van der Waals surface area (Å²) >= 11 is 3.32. The van der Waals surface area contributed by atoms with Gasteiger partial charge in [-0.3, -0.25) is 4.79 Å². The topological polar surface area (TPSA) is 66.0 Å². The number of carboxylic acids is 1. The molecule has 4 nitrogen and oxygen atoms in total. The number of H-pyrrole nitrogens is 1. The van der Waals surface area contributed by atoms with Gasteiger partial charge in [0.15, 0.2) is 0 Å². The number of hydrogen-bond donors (Lipinski definition) is 2. The van der Waals surface area contributed by atoms with E-state index in [-0.39, 0.29) is 12.3 Å². The Morgan fingerprint density at radius 3 is 2.50 bits per heavy atom. The van der Waals surface area contributed by atoms with Crippen LogP contribution in [-0.4, -0.2) is 21.0 Å². The Morgan fingerprint density at radius 1 is 1.30 bits per heavy atom. The molecule has 2 N–H and O–H groups in total. The van der Waals surface area contributed by atoms with Crippen LogP contribution in [0.15, 0.2) is 22.9 Å². The van der Waals surface area contributed by atoms with E-state index in [9.17, 15) is 9.90 Å². The lowest BCUT2D eigenvalue weighted by atomic mass is 9.88. The summed E-state index contributed by atoms with van der Waals surface area (Å²) in [5.74, 6) is -0.427. The maximum atomic E-state index is 11.2. The van der Waals surface area contributed by atoms with Crippen LogP contribution in [0.1, 0.15) is 40.4 Å². The van der Waals surface area contributed by atoms with Crippen LogP contribution in [0.3, 0.4) is 0 Å². The molecule has 2 rings (SSSR count). The first kappa shape index (κ1) is 14.8. The number of nitrogens with one attached hydrogen (secondary N) is 1. The van der Waals surface area contributed by atoms with Gasteiger partial charge in [-0.25, -0.2) is 4.98 Å². The minimum absolute atomic E-state index is 0.0172. The molecule has 5 heteroatoms. The van der Waals surface area contributed by atoms with Gasteiger partial charge in [-0.1, -0.05) is 12.1 Å². The molecule has 0 spiro atoms. The number of rotatable bonds is 4. The van der Waals surface area contributed by atoms with Crippen LogP contribution >= 0.6 is 15.9 Å². The molecule has 1 atom stereocenters.